The molecule has 3 heteroatoms. The lowest BCUT2D eigenvalue weighted by Gasteiger charge is -2.01. The van der Waals surface area contributed by atoms with Crippen molar-refractivity contribution in [3.8, 4) is 6.07 Å². The van der Waals surface area contributed by atoms with Crippen LogP contribution in [0.5, 0.6) is 0 Å². The van der Waals surface area contributed by atoms with Gasteiger partial charge < -0.3 is 4.74 Å². The first-order valence-corrected chi connectivity index (χ1v) is 4.61. The number of carbonyl (C=O) groups is 1. The van der Waals surface area contributed by atoms with Crippen LogP contribution in [-0.2, 0) is 4.74 Å². The third kappa shape index (κ3) is 3.28. The number of esters is 1. The molecule has 15 heavy (non-hydrogen) atoms. The monoisotopic (exact) mass is 201 g/mol. The van der Waals surface area contributed by atoms with Crippen molar-refractivity contribution in [2.45, 2.75) is 6.92 Å². The molecule has 0 fully saturated rings. The van der Waals surface area contributed by atoms with E-state index in [9.17, 15) is 4.79 Å². The van der Waals surface area contributed by atoms with E-state index in [1.54, 1.807) is 37.3 Å². The van der Waals surface area contributed by atoms with E-state index in [-0.39, 0.29) is 5.97 Å². The topological polar surface area (TPSA) is 50.1 Å². The largest absolute Gasteiger partial charge is 0.462 e. The zero-order valence-electron chi connectivity index (χ0n) is 8.43. The third-order valence-corrected chi connectivity index (χ3v) is 1.77. The molecule has 0 spiro atoms. The van der Waals surface area contributed by atoms with Gasteiger partial charge in [-0.15, -0.1) is 0 Å². The highest BCUT2D eigenvalue weighted by Crippen LogP contribution is 2.07. The van der Waals surface area contributed by atoms with Crippen LogP contribution in [0.15, 0.2) is 30.3 Å². The van der Waals surface area contributed by atoms with Gasteiger partial charge in [-0.3, -0.25) is 0 Å². The van der Waals surface area contributed by atoms with Crippen LogP contribution >= 0.6 is 0 Å². The first kappa shape index (κ1) is 11.0. The number of carbonyl (C=O) groups excluding carboxylic acids is 1. The number of allylic oxidation sites excluding steroid dienone is 1. The highest BCUT2D eigenvalue weighted by atomic mass is 16.5. The summed E-state index contributed by atoms with van der Waals surface area (Å²) in [7, 11) is 0. The van der Waals surface area contributed by atoms with Gasteiger partial charge in [0.25, 0.3) is 0 Å². The summed E-state index contributed by atoms with van der Waals surface area (Å²) in [5.41, 5.74) is 1.40. The van der Waals surface area contributed by atoms with Gasteiger partial charge in [0.1, 0.15) is 0 Å². The highest BCUT2D eigenvalue weighted by molar-refractivity contribution is 5.89. The van der Waals surface area contributed by atoms with Crippen molar-refractivity contribution in [3.63, 3.8) is 0 Å². The molecular weight excluding hydrogens is 190 g/mol. The second-order valence-corrected chi connectivity index (χ2v) is 2.80. The minimum atomic E-state index is -0.326. The number of rotatable bonds is 3. The molecule has 0 unspecified atom stereocenters. The lowest BCUT2D eigenvalue weighted by molar-refractivity contribution is 0.0526. The molecule has 1 rings (SSSR count). The molecule has 0 aromatic heterocycles. The number of hydrogen-bond acceptors (Lipinski definition) is 3. The van der Waals surface area contributed by atoms with Crippen LogP contribution in [0.4, 0.5) is 0 Å². The molecule has 1 aromatic rings. The standard InChI is InChI=1S/C12H11NO2/c1-2-15-12(14)11-7-5-10(6-8-11)4-3-9-13/h3-8H,2H2,1H3. The van der Waals surface area contributed by atoms with Crippen LogP contribution in [0.2, 0.25) is 0 Å². The summed E-state index contributed by atoms with van der Waals surface area (Å²) in [6.07, 6.45) is 3.06. The fourth-order valence-corrected chi connectivity index (χ4v) is 1.08. The van der Waals surface area contributed by atoms with Crippen molar-refractivity contribution in [1.29, 1.82) is 5.26 Å². The molecule has 0 aliphatic rings. The Kier molecular flexibility index (Phi) is 4.11. The number of nitriles is 1. The second-order valence-electron chi connectivity index (χ2n) is 2.80. The normalized spacial score (nSPS) is 9.87. The lowest BCUT2D eigenvalue weighted by atomic mass is 10.1. The summed E-state index contributed by atoms with van der Waals surface area (Å²) in [4.78, 5) is 11.3. The summed E-state index contributed by atoms with van der Waals surface area (Å²) >= 11 is 0. The van der Waals surface area contributed by atoms with Crippen LogP contribution < -0.4 is 0 Å². The molecule has 0 aliphatic carbocycles. The van der Waals surface area contributed by atoms with E-state index in [0.29, 0.717) is 12.2 Å². The Morgan fingerprint density at radius 3 is 2.67 bits per heavy atom. The van der Waals surface area contributed by atoms with Crippen molar-refractivity contribution < 1.29 is 9.53 Å². The van der Waals surface area contributed by atoms with Crippen LogP contribution in [0, 0.1) is 11.3 Å². The molecular formula is C12H11NO2. The lowest BCUT2D eigenvalue weighted by Crippen LogP contribution is -2.03. The SMILES string of the molecule is CCOC(=O)c1ccc(C=CC#N)cc1. The maximum atomic E-state index is 11.3. The Morgan fingerprint density at radius 2 is 2.13 bits per heavy atom. The van der Waals surface area contributed by atoms with E-state index in [1.807, 2.05) is 6.07 Å². The Bertz CT molecular complexity index is 399. The van der Waals surface area contributed by atoms with Crippen molar-refractivity contribution in [2.24, 2.45) is 0 Å². The van der Waals surface area contributed by atoms with Crippen molar-refractivity contribution in [2.75, 3.05) is 6.61 Å². The fourth-order valence-electron chi connectivity index (χ4n) is 1.08. The van der Waals surface area contributed by atoms with Gasteiger partial charge in [-0.2, -0.15) is 5.26 Å². The number of hydrogen-bond donors (Lipinski definition) is 0. The molecule has 0 aliphatic heterocycles. The van der Waals surface area contributed by atoms with Gasteiger partial charge in [0.05, 0.1) is 18.2 Å². The molecule has 0 amide bonds. The van der Waals surface area contributed by atoms with E-state index in [4.69, 9.17) is 10.00 Å². The molecule has 0 bridgehead atoms. The molecule has 0 N–H and O–H groups in total. The first-order chi connectivity index (χ1) is 7.27. The van der Waals surface area contributed by atoms with E-state index in [0.717, 1.165) is 5.56 Å². The smallest absolute Gasteiger partial charge is 0.338 e. The molecule has 0 heterocycles. The summed E-state index contributed by atoms with van der Waals surface area (Å²) in [5.74, 6) is -0.326. The molecule has 1 aromatic carbocycles. The quantitative estimate of drug-likeness (QED) is 0.557. The van der Waals surface area contributed by atoms with Gasteiger partial charge in [0, 0.05) is 6.08 Å². The zero-order chi connectivity index (χ0) is 11.1. The van der Waals surface area contributed by atoms with Gasteiger partial charge >= 0.3 is 5.97 Å². The van der Waals surface area contributed by atoms with Gasteiger partial charge in [0.2, 0.25) is 0 Å². The third-order valence-electron chi connectivity index (χ3n) is 1.77. The van der Waals surface area contributed by atoms with Crippen LogP contribution in [-0.4, -0.2) is 12.6 Å². The minimum absolute atomic E-state index is 0.326. The molecule has 0 saturated carbocycles. The molecule has 0 atom stereocenters. The predicted molar refractivity (Wildman–Crippen MR) is 57.0 cm³/mol. The van der Waals surface area contributed by atoms with E-state index in [1.165, 1.54) is 6.08 Å². The van der Waals surface area contributed by atoms with Gasteiger partial charge in [0.15, 0.2) is 0 Å². The fraction of sp³-hybridized carbons (Fsp3) is 0.167. The maximum absolute atomic E-state index is 11.3. The predicted octanol–water partition coefficient (Wildman–Crippen LogP) is 2.40. The molecule has 0 radical (unpaired) electrons. The second kappa shape index (κ2) is 5.61. The van der Waals surface area contributed by atoms with E-state index < -0.39 is 0 Å². The highest BCUT2D eigenvalue weighted by Gasteiger charge is 2.04. The van der Waals surface area contributed by atoms with Crippen molar-refractivity contribution >= 4 is 12.0 Å². The van der Waals surface area contributed by atoms with Crippen LogP contribution in [0.1, 0.15) is 22.8 Å². The van der Waals surface area contributed by atoms with Crippen LogP contribution in [0.3, 0.4) is 0 Å². The Hall–Kier alpha value is -2.08. The Morgan fingerprint density at radius 1 is 1.47 bits per heavy atom. The average Bonchev–Trinajstić information content (AvgIpc) is 2.27. The number of benzene rings is 1. The zero-order valence-corrected chi connectivity index (χ0v) is 8.43. The number of ether oxygens (including phenoxy) is 1. The summed E-state index contributed by atoms with van der Waals surface area (Å²) in [6.45, 7) is 2.14. The maximum Gasteiger partial charge on any atom is 0.338 e. The van der Waals surface area contributed by atoms with Gasteiger partial charge in [-0.1, -0.05) is 12.1 Å². The van der Waals surface area contributed by atoms with Gasteiger partial charge in [-0.05, 0) is 30.7 Å². The van der Waals surface area contributed by atoms with Crippen LogP contribution in [0.25, 0.3) is 6.08 Å². The summed E-state index contributed by atoms with van der Waals surface area (Å²) in [6, 6.07) is 8.78. The number of nitrogens with zero attached hydrogens (tertiary/aromatic N) is 1. The summed E-state index contributed by atoms with van der Waals surface area (Å²) in [5, 5.41) is 8.33. The van der Waals surface area contributed by atoms with Crippen molar-refractivity contribution in [1.82, 2.24) is 0 Å². The average molecular weight is 201 g/mol. The summed E-state index contributed by atoms with van der Waals surface area (Å²) < 4.78 is 4.84. The van der Waals surface area contributed by atoms with Crippen molar-refractivity contribution in [3.05, 3.63) is 41.5 Å². The molecule has 3 nitrogen and oxygen atoms in total. The Labute approximate surface area is 88.6 Å². The van der Waals surface area contributed by atoms with E-state index in [2.05, 4.69) is 0 Å². The van der Waals surface area contributed by atoms with Gasteiger partial charge in [-0.25, -0.2) is 4.79 Å². The molecule has 76 valence electrons. The molecule has 0 saturated heterocycles. The Balaban J connectivity index is 2.77. The van der Waals surface area contributed by atoms with E-state index >= 15 is 0 Å². The minimum Gasteiger partial charge on any atom is -0.462 e. The first-order valence-electron chi connectivity index (χ1n) is 4.61.